The molecule has 3 heterocycles. The van der Waals surface area contributed by atoms with Crippen molar-refractivity contribution in [2.45, 2.75) is 33.0 Å². The van der Waals surface area contributed by atoms with Crippen LogP contribution < -0.4 is 4.90 Å². The third kappa shape index (κ3) is 6.00. The molecule has 0 saturated carbocycles. The average molecular weight is 520 g/mol. The van der Waals surface area contributed by atoms with E-state index in [2.05, 4.69) is 16.0 Å². The summed E-state index contributed by atoms with van der Waals surface area (Å²) < 4.78 is 36.6. The number of anilines is 1. The van der Waals surface area contributed by atoms with Crippen molar-refractivity contribution >= 4 is 15.9 Å². The summed E-state index contributed by atoms with van der Waals surface area (Å²) in [5, 5.41) is 9.56. The largest absolute Gasteiger partial charge is 0.379 e. The molecule has 5 rings (SSSR count). The molecule has 194 valence electrons. The van der Waals surface area contributed by atoms with Gasteiger partial charge in [-0.05, 0) is 47.4 Å². The van der Waals surface area contributed by atoms with Crippen molar-refractivity contribution in [2.24, 2.45) is 0 Å². The zero-order chi connectivity index (χ0) is 25.0. The Morgan fingerprint density at radius 1 is 1.03 bits per heavy atom. The molecule has 0 N–H and O–H groups in total. The van der Waals surface area contributed by atoms with Crippen LogP contribution in [0.3, 0.4) is 0 Å². The van der Waals surface area contributed by atoms with Crippen LogP contribution in [0.4, 0.5) is 5.69 Å². The van der Waals surface area contributed by atoms with E-state index in [-0.39, 0.29) is 20.0 Å². The third-order valence-electron chi connectivity index (χ3n) is 6.72. The second kappa shape index (κ2) is 11.8. The number of aromatic nitrogens is 1. The summed E-state index contributed by atoms with van der Waals surface area (Å²) in [6, 6.07) is 21.4. The maximum absolute atomic E-state index is 14.0. The molecule has 3 aromatic rings. The van der Waals surface area contributed by atoms with Crippen molar-refractivity contribution in [3.8, 4) is 6.07 Å². The Hall–Kier alpha value is -3.29. The molecule has 37 heavy (non-hydrogen) atoms. The predicted molar refractivity (Wildman–Crippen MR) is 144 cm³/mol. The molecule has 1 aromatic heterocycles. The van der Waals surface area contributed by atoms with Gasteiger partial charge in [0.15, 0.2) is 0 Å². The highest BCUT2D eigenvalue weighted by Crippen LogP contribution is 2.33. The van der Waals surface area contributed by atoms with Gasteiger partial charge >= 0.3 is 0 Å². The minimum absolute atomic E-state index is 0. The van der Waals surface area contributed by atoms with Crippen molar-refractivity contribution in [2.75, 3.05) is 37.7 Å². The Bertz CT molecular complexity index is 1320. The fourth-order valence-electron chi connectivity index (χ4n) is 4.94. The summed E-state index contributed by atoms with van der Waals surface area (Å²) in [6.07, 6.45) is 4.16. The molecule has 0 bridgehead atoms. The highest BCUT2D eigenvalue weighted by molar-refractivity contribution is 7.86. The molecule has 8 nitrogen and oxygen atoms in total. The van der Waals surface area contributed by atoms with Gasteiger partial charge < -0.3 is 9.64 Å². The van der Waals surface area contributed by atoms with Gasteiger partial charge in [0.05, 0.1) is 24.8 Å². The topological polar surface area (TPSA) is 89.8 Å². The van der Waals surface area contributed by atoms with E-state index in [4.69, 9.17) is 4.74 Å². The highest BCUT2D eigenvalue weighted by Gasteiger charge is 2.39. The maximum atomic E-state index is 14.0. The van der Waals surface area contributed by atoms with Gasteiger partial charge in [0, 0.05) is 56.8 Å². The molecule has 0 unspecified atom stereocenters. The Morgan fingerprint density at radius 2 is 1.78 bits per heavy atom. The molecule has 2 aliphatic heterocycles. The summed E-state index contributed by atoms with van der Waals surface area (Å²) in [5.74, 6) is 0. The normalized spacial score (nSPS) is 18.8. The van der Waals surface area contributed by atoms with Gasteiger partial charge in [0.1, 0.15) is 0 Å². The maximum Gasteiger partial charge on any atom is 0.282 e. The Kier molecular flexibility index (Phi) is 8.56. The fourth-order valence-corrected chi connectivity index (χ4v) is 6.67. The van der Waals surface area contributed by atoms with Crippen LogP contribution in [0.25, 0.3) is 0 Å². The number of pyridine rings is 1. The first-order chi connectivity index (χ1) is 17.5. The lowest BCUT2D eigenvalue weighted by Gasteiger charge is -2.36. The van der Waals surface area contributed by atoms with Gasteiger partial charge in [-0.2, -0.15) is 22.3 Å². The number of nitriles is 1. The second-order valence-electron chi connectivity index (χ2n) is 9.11. The van der Waals surface area contributed by atoms with Crippen LogP contribution >= 0.6 is 0 Å². The average Bonchev–Trinajstić information content (AvgIpc) is 3.07. The first-order valence-corrected chi connectivity index (χ1v) is 13.5. The zero-order valence-corrected chi connectivity index (χ0v) is 20.8. The highest BCUT2D eigenvalue weighted by atomic mass is 32.2. The Labute approximate surface area is 219 Å². The lowest BCUT2D eigenvalue weighted by molar-refractivity contribution is 0.0690. The third-order valence-corrected chi connectivity index (χ3v) is 8.75. The molecule has 0 radical (unpaired) electrons. The molecule has 0 spiro atoms. The smallest absolute Gasteiger partial charge is 0.282 e. The van der Waals surface area contributed by atoms with E-state index in [9.17, 15) is 13.7 Å². The van der Waals surface area contributed by atoms with E-state index in [0.717, 1.165) is 22.4 Å². The first-order valence-electron chi connectivity index (χ1n) is 12.1. The van der Waals surface area contributed by atoms with Gasteiger partial charge in [0.2, 0.25) is 0 Å². The predicted octanol–water partition coefficient (Wildman–Crippen LogP) is 3.60. The molecular weight excluding hydrogens is 486 g/mol. The van der Waals surface area contributed by atoms with E-state index >= 15 is 0 Å². The van der Waals surface area contributed by atoms with Crippen molar-refractivity contribution in [3.63, 3.8) is 0 Å². The summed E-state index contributed by atoms with van der Waals surface area (Å²) in [4.78, 5) is 6.48. The van der Waals surface area contributed by atoms with Crippen LogP contribution in [0.15, 0.2) is 73.1 Å². The van der Waals surface area contributed by atoms with Crippen molar-refractivity contribution in [1.82, 2.24) is 13.6 Å². The molecule has 2 aliphatic rings. The number of rotatable bonds is 6. The number of hydrogen-bond acceptors (Lipinski definition) is 6. The summed E-state index contributed by atoms with van der Waals surface area (Å²) in [6.45, 7) is 2.74. The number of fused-ring (bicyclic) bond motifs is 1. The van der Waals surface area contributed by atoms with Crippen LogP contribution in [0.1, 0.15) is 29.7 Å². The number of ether oxygens (including phenoxy) is 1. The number of morpholine rings is 1. The zero-order valence-electron chi connectivity index (χ0n) is 20.0. The van der Waals surface area contributed by atoms with Crippen molar-refractivity contribution in [1.29, 1.82) is 5.26 Å². The first kappa shape index (κ1) is 26.8. The molecule has 1 fully saturated rings. The van der Waals surface area contributed by atoms with Gasteiger partial charge in [-0.3, -0.25) is 4.98 Å². The Morgan fingerprint density at radius 3 is 2.49 bits per heavy atom. The summed E-state index contributed by atoms with van der Waals surface area (Å²) in [7, 11) is -3.77. The van der Waals surface area contributed by atoms with Crippen LogP contribution in [-0.4, -0.2) is 60.9 Å². The van der Waals surface area contributed by atoms with E-state index in [1.54, 1.807) is 16.6 Å². The lowest BCUT2D eigenvalue weighted by atomic mass is 10.1. The number of benzene rings is 2. The van der Waals surface area contributed by atoms with Gasteiger partial charge in [-0.25, -0.2) is 0 Å². The fraction of sp³-hybridized carbons (Fsp3) is 0.357. The van der Waals surface area contributed by atoms with E-state index < -0.39 is 10.2 Å². The van der Waals surface area contributed by atoms with Crippen molar-refractivity contribution < 1.29 is 13.2 Å². The lowest BCUT2D eigenvalue weighted by Crippen LogP contribution is -2.53. The van der Waals surface area contributed by atoms with Gasteiger partial charge in [-0.15, -0.1) is 0 Å². The molecule has 2 aromatic carbocycles. The standard InChI is InChI=1S/C27H29N5O3S.CH4/c28-17-23-8-9-27-25(15-23)20-32(36(33,34)31-11-13-35-14-12-31)26(16-22-5-2-1-3-6-22)21-30(27)19-24-7-4-10-29-18-24;/h1-10,15,18,26H,11-14,16,19-21H2;1H4/t26-;/m1./s1. The number of nitrogens with zero attached hydrogens (tertiary/aromatic N) is 5. The van der Waals surface area contributed by atoms with Crippen LogP contribution in [0.5, 0.6) is 0 Å². The molecule has 0 aliphatic carbocycles. The van der Waals surface area contributed by atoms with Crippen molar-refractivity contribution in [3.05, 3.63) is 95.3 Å². The van der Waals surface area contributed by atoms with Gasteiger partial charge in [0.25, 0.3) is 10.2 Å². The Balaban J connectivity index is 0.00000320. The van der Waals surface area contributed by atoms with Crippen LogP contribution in [-0.2, 0) is 34.5 Å². The van der Waals surface area contributed by atoms with Crippen LogP contribution in [0, 0.1) is 11.3 Å². The van der Waals surface area contributed by atoms with E-state index in [1.807, 2.05) is 60.8 Å². The molecule has 1 atom stereocenters. The summed E-state index contributed by atoms with van der Waals surface area (Å²) in [5.41, 5.74) is 4.40. The second-order valence-corrected chi connectivity index (χ2v) is 11.0. The molecular formula is C28H33N5O3S. The van der Waals surface area contributed by atoms with E-state index in [0.29, 0.717) is 51.4 Å². The molecule has 9 heteroatoms. The number of hydrogen-bond donors (Lipinski definition) is 0. The summed E-state index contributed by atoms with van der Waals surface area (Å²) >= 11 is 0. The SMILES string of the molecule is C.N#Cc1ccc2c(c1)CN(S(=O)(=O)N1CCOCC1)[C@H](Cc1ccccc1)CN2Cc1cccnc1. The van der Waals surface area contributed by atoms with Gasteiger partial charge in [-0.1, -0.05) is 43.8 Å². The molecule has 1 saturated heterocycles. The minimum atomic E-state index is -3.77. The van der Waals surface area contributed by atoms with E-state index in [1.165, 1.54) is 4.31 Å². The van der Waals surface area contributed by atoms with Crippen LogP contribution in [0.2, 0.25) is 0 Å². The quantitative estimate of drug-likeness (QED) is 0.494. The minimum Gasteiger partial charge on any atom is -0.379 e. The monoisotopic (exact) mass is 519 g/mol. The molecule has 0 amide bonds.